The van der Waals surface area contributed by atoms with Crippen LogP contribution in [0.1, 0.15) is 31.4 Å². The Morgan fingerprint density at radius 2 is 1.84 bits per heavy atom. The maximum atomic E-state index is 12.1. The van der Waals surface area contributed by atoms with E-state index in [-0.39, 0.29) is 24.2 Å². The highest BCUT2D eigenvalue weighted by Gasteiger charge is 2.22. The largest absolute Gasteiger partial charge is 0.340 e. The maximum absolute atomic E-state index is 12.1. The Bertz CT molecular complexity index is 392. The molecule has 1 rings (SSSR count). The molecule has 0 saturated carbocycles. The van der Waals surface area contributed by atoms with Crippen molar-refractivity contribution in [2.24, 2.45) is 11.7 Å². The number of rotatable bonds is 5. The Kier molecular flexibility index (Phi) is 7.72. The van der Waals surface area contributed by atoms with Crippen LogP contribution in [0.2, 0.25) is 0 Å². The molecule has 0 aliphatic carbocycles. The normalized spacial score (nSPS) is 13.3. The molecule has 0 bridgehead atoms. The van der Waals surface area contributed by atoms with Crippen LogP contribution < -0.4 is 5.73 Å². The summed E-state index contributed by atoms with van der Waals surface area (Å²) in [7, 11) is 1.81. The van der Waals surface area contributed by atoms with E-state index >= 15 is 0 Å². The quantitative estimate of drug-likeness (QED) is 0.904. The molecular formula is C15H25ClN2O. The Balaban J connectivity index is 0.00000324. The summed E-state index contributed by atoms with van der Waals surface area (Å²) in [5.41, 5.74) is 8.32. The van der Waals surface area contributed by atoms with Gasteiger partial charge in [0.15, 0.2) is 0 Å². The fourth-order valence-electron chi connectivity index (χ4n) is 1.80. The molecule has 0 aromatic heterocycles. The van der Waals surface area contributed by atoms with Gasteiger partial charge in [0.05, 0.1) is 6.04 Å². The fourth-order valence-corrected chi connectivity index (χ4v) is 1.80. The molecule has 0 fully saturated rings. The second-order valence-electron chi connectivity index (χ2n) is 5.09. The summed E-state index contributed by atoms with van der Waals surface area (Å²) in [6, 6.07) is 7.82. The summed E-state index contributed by atoms with van der Waals surface area (Å²) in [4.78, 5) is 13.8. The topological polar surface area (TPSA) is 46.3 Å². The lowest BCUT2D eigenvalue weighted by Crippen LogP contribution is -2.45. The van der Waals surface area contributed by atoms with Gasteiger partial charge in [0.25, 0.3) is 0 Å². The number of hydrogen-bond acceptors (Lipinski definition) is 2. The molecule has 19 heavy (non-hydrogen) atoms. The van der Waals surface area contributed by atoms with E-state index in [0.717, 1.165) is 12.0 Å². The van der Waals surface area contributed by atoms with Crippen molar-refractivity contribution in [3.05, 3.63) is 35.4 Å². The molecule has 0 heterocycles. The Labute approximate surface area is 122 Å². The highest BCUT2D eigenvalue weighted by atomic mass is 35.5. The van der Waals surface area contributed by atoms with E-state index in [1.807, 2.05) is 26.1 Å². The second-order valence-corrected chi connectivity index (χ2v) is 5.09. The Morgan fingerprint density at radius 3 is 2.32 bits per heavy atom. The molecule has 4 heteroatoms. The first-order valence-corrected chi connectivity index (χ1v) is 6.51. The van der Waals surface area contributed by atoms with Gasteiger partial charge in [-0.05, 0) is 18.4 Å². The molecule has 0 aliphatic heterocycles. The number of benzene rings is 1. The van der Waals surface area contributed by atoms with Crippen LogP contribution >= 0.6 is 12.4 Å². The minimum atomic E-state index is -0.398. The van der Waals surface area contributed by atoms with Gasteiger partial charge in [0, 0.05) is 13.6 Å². The van der Waals surface area contributed by atoms with Crippen LogP contribution in [0, 0.1) is 12.8 Å². The number of carbonyl (C=O) groups is 1. The summed E-state index contributed by atoms with van der Waals surface area (Å²) in [5.74, 6) is 0.239. The number of nitrogens with two attached hydrogens (primary N) is 1. The molecule has 1 aromatic rings. The zero-order valence-electron chi connectivity index (χ0n) is 12.2. The maximum Gasteiger partial charge on any atom is 0.239 e. The lowest BCUT2D eigenvalue weighted by Gasteiger charge is -2.24. The van der Waals surface area contributed by atoms with E-state index in [4.69, 9.17) is 5.73 Å². The molecule has 2 atom stereocenters. The van der Waals surface area contributed by atoms with Crippen LogP contribution in [-0.4, -0.2) is 23.9 Å². The van der Waals surface area contributed by atoms with Crippen LogP contribution in [0.4, 0.5) is 0 Å². The van der Waals surface area contributed by atoms with E-state index in [1.165, 1.54) is 5.56 Å². The monoisotopic (exact) mass is 284 g/mol. The molecule has 0 spiro atoms. The number of aryl methyl sites for hydroxylation is 1. The molecule has 0 saturated heterocycles. The molecule has 0 radical (unpaired) electrons. The van der Waals surface area contributed by atoms with Gasteiger partial charge in [0.2, 0.25) is 5.91 Å². The lowest BCUT2D eigenvalue weighted by molar-refractivity contribution is -0.132. The van der Waals surface area contributed by atoms with Gasteiger partial charge in [0.1, 0.15) is 0 Å². The van der Waals surface area contributed by atoms with E-state index in [2.05, 4.69) is 26.0 Å². The molecule has 1 aromatic carbocycles. The third kappa shape index (κ3) is 5.21. The van der Waals surface area contributed by atoms with E-state index in [9.17, 15) is 4.79 Å². The number of amides is 1. The van der Waals surface area contributed by atoms with Gasteiger partial charge >= 0.3 is 0 Å². The number of likely N-dealkylation sites (N-methyl/N-ethyl adjacent to an activating group) is 1. The third-order valence-electron chi connectivity index (χ3n) is 3.46. The van der Waals surface area contributed by atoms with Gasteiger partial charge < -0.3 is 10.6 Å². The zero-order valence-corrected chi connectivity index (χ0v) is 13.0. The molecule has 2 unspecified atom stereocenters. The Hall–Kier alpha value is -1.06. The minimum absolute atomic E-state index is 0. The number of nitrogens with zero attached hydrogens (tertiary/aromatic N) is 1. The van der Waals surface area contributed by atoms with Crippen molar-refractivity contribution in [1.29, 1.82) is 0 Å². The van der Waals surface area contributed by atoms with Crippen molar-refractivity contribution in [3.63, 3.8) is 0 Å². The smallest absolute Gasteiger partial charge is 0.239 e. The van der Waals surface area contributed by atoms with E-state index in [0.29, 0.717) is 6.54 Å². The fraction of sp³-hybridized carbons (Fsp3) is 0.533. The average molecular weight is 285 g/mol. The van der Waals surface area contributed by atoms with Crippen molar-refractivity contribution in [1.82, 2.24) is 4.90 Å². The summed E-state index contributed by atoms with van der Waals surface area (Å²) in [6.45, 7) is 6.74. The lowest BCUT2D eigenvalue weighted by atomic mass is 9.99. The summed E-state index contributed by atoms with van der Waals surface area (Å²) < 4.78 is 0. The average Bonchev–Trinajstić information content (AvgIpc) is 2.38. The van der Waals surface area contributed by atoms with Crippen LogP contribution in [0.15, 0.2) is 24.3 Å². The van der Waals surface area contributed by atoms with Gasteiger partial charge in [-0.15, -0.1) is 12.4 Å². The first-order chi connectivity index (χ1) is 8.45. The molecule has 0 aliphatic rings. The number of halogens is 1. The van der Waals surface area contributed by atoms with Gasteiger partial charge in [-0.25, -0.2) is 0 Å². The first-order valence-electron chi connectivity index (χ1n) is 6.51. The van der Waals surface area contributed by atoms with Crippen LogP contribution in [0.25, 0.3) is 0 Å². The first kappa shape index (κ1) is 17.9. The minimum Gasteiger partial charge on any atom is -0.340 e. The molecule has 108 valence electrons. The molecular weight excluding hydrogens is 260 g/mol. The third-order valence-corrected chi connectivity index (χ3v) is 3.46. The van der Waals surface area contributed by atoms with Crippen molar-refractivity contribution >= 4 is 18.3 Å². The van der Waals surface area contributed by atoms with Crippen molar-refractivity contribution < 1.29 is 4.79 Å². The summed E-state index contributed by atoms with van der Waals surface area (Å²) >= 11 is 0. The number of carbonyl (C=O) groups excluding carboxylic acids is 1. The predicted molar refractivity (Wildman–Crippen MR) is 82.3 cm³/mol. The van der Waals surface area contributed by atoms with Gasteiger partial charge in [-0.2, -0.15) is 0 Å². The predicted octanol–water partition coefficient (Wildman–Crippen LogP) is 2.75. The molecule has 2 N–H and O–H groups in total. The van der Waals surface area contributed by atoms with Gasteiger partial charge in [-0.3, -0.25) is 4.79 Å². The van der Waals surface area contributed by atoms with Crippen molar-refractivity contribution in [3.8, 4) is 0 Å². The summed E-state index contributed by atoms with van der Waals surface area (Å²) in [5, 5.41) is 0. The molecule has 1 amide bonds. The number of hydrogen-bond donors (Lipinski definition) is 1. The standard InChI is InChI=1S/C15H24N2O.ClH/c1-5-12(3)14(16)15(18)17(4)10-13-8-6-11(2)7-9-13;/h6-9,12,14H,5,10,16H2,1-4H3;1H. The highest BCUT2D eigenvalue weighted by molar-refractivity contribution is 5.85. The molecule has 3 nitrogen and oxygen atoms in total. The van der Waals surface area contributed by atoms with Crippen LogP contribution in [-0.2, 0) is 11.3 Å². The van der Waals surface area contributed by atoms with Crippen LogP contribution in [0.3, 0.4) is 0 Å². The van der Waals surface area contributed by atoms with Crippen molar-refractivity contribution in [2.75, 3.05) is 7.05 Å². The van der Waals surface area contributed by atoms with Crippen molar-refractivity contribution in [2.45, 2.75) is 39.8 Å². The SMILES string of the molecule is CCC(C)C(N)C(=O)N(C)Cc1ccc(C)cc1.Cl. The summed E-state index contributed by atoms with van der Waals surface area (Å²) in [6.07, 6.45) is 0.922. The Morgan fingerprint density at radius 1 is 1.32 bits per heavy atom. The van der Waals surface area contributed by atoms with E-state index < -0.39 is 6.04 Å². The van der Waals surface area contributed by atoms with Crippen LogP contribution in [0.5, 0.6) is 0 Å². The highest BCUT2D eigenvalue weighted by Crippen LogP contribution is 2.11. The zero-order chi connectivity index (χ0) is 13.7. The second kappa shape index (κ2) is 8.18. The van der Waals surface area contributed by atoms with Gasteiger partial charge in [-0.1, -0.05) is 50.1 Å². The van der Waals surface area contributed by atoms with E-state index in [1.54, 1.807) is 4.90 Å².